The summed E-state index contributed by atoms with van der Waals surface area (Å²) in [7, 11) is 0. The quantitative estimate of drug-likeness (QED) is 0.0207. The number of rotatable bonds is 58. The van der Waals surface area contributed by atoms with Crippen LogP contribution in [0.15, 0.2) is 87.0 Å². The van der Waals surface area contributed by atoms with Crippen molar-refractivity contribution in [1.29, 1.82) is 0 Å². The second-order valence-electron chi connectivity index (χ2n) is 21.5. The summed E-state index contributed by atoms with van der Waals surface area (Å²) in [6.07, 6.45) is 44.2. The molecule has 2 rings (SSSR count). The van der Waals surface area contributed by atoms with E-state index >= 15 is 0 Å². The van der Waals surface area contributed by atoms with Crippen LogP contribution in [0.2, 0.25) is 0 Å². The Balaban J connectivity index is 0.00000168. The summed E-state index contributed by atoms with van der Waals surface area (Å²) in [5.74, 6) is -1.18. The van der Waals surface area contributed by atoms with Crippen LogP contribution >= 0.6 is 0 Å². The van der Waals surface area contributed by atoms with Crippen LogP contribution in [-0.4, -0.2) is 98.9 Å². The number of carbonyl (C=O) groups excluding carboxylic acids is 4. The summed E-state index contributed by atoms with van der Waals surface area (Å²) in [5, 5.41) is 18.8. The minimum Gasteiger partial charge on any atom is -0.490 e. The molecule has 0 bridgehead atoms. The molecule has 0 aliphatic heterocycles. The summed E-state index contributed by atoms with van der Waals surface area (Å²) in [5.41, 5.74) is 0.387. The predicted octanol–water partition coefficient (Wildman–Crippen LogP) is 17.2. The number of hydrogen-bond donors (Lipinski definition) is 2. The van der Waals surface area contributed by atoms with E-state index in [1.807, 2.05) is 0 Å². The monoisotopic (exact) mass is 1270 g/mol. The van der Waals surface area contributed by atoms with Crippen molar-refractivity contribution in [2.24, 2.45) is 0 Å². The summed E-state index contributed by atoms with van der Waals surface area (Å²) >= 11 is 0. The molecule has 2 aromatic carbocycles. The first-order chi connectivity index (χ1) is 41.9. The Morgan fingerprint density at radius 2 is 0.448 bits per heavy atom. The summed E-state index contributed by atoms with van der Waals surface area (Å²) < 4.78 is 43.7. The van der Waals surface area contributed by atoms with Crippen LogP contribution in [0.5, 0.6) is 23.0 Å². The minimum absolute atomic E-state index is 0. The first-order valence-corrected chi connectivity index (χ1v) is 32.4. The number of unbranched alkanes of at least 4 members (excludes halogenated alkanes) is 32. The molecule has 486 valence electrons. The standard InChI is InChI=1S/2C35H54O8.Zn/c2*1-3-33(36)42-27-21-17-13-9-5-7-11-15-19-25-40-31-24-23-30(35(38)39)29-32(31)41-26-20-16-12-8-6-10-14-18-22-28-43-34(37)4-2;/h2*3-4,23-24,29H,1-2,5-22,25-28H2,(H,38,39);. The van der Waals surface area contributed by atoms with Crippen LogP contribution in [0.25, 0.3) is 0 Å². The number of benzene rings is 2. The predicted molar refractivity (Wildman–Crippen MR) is 340 cm³/mol. The van der Waals surface area contributed by atoms with E-state index in [1.165, 1.54) is 101 Å². The van der Waals surface area contributed by atoms with Gasteiger partial charge in [0.2, 0.25) is 0 Å². The van der Waals surface area contributed by atoms with Gasteiger partial charge in [-0.25, -0.2) is 28.8 Å². The molecule has 0 aromatic heterocycles. The number of esters is 4. The molecule has 2 N–H and O–H groups in total. The number of carboxylic acid groups (broad SMARTS) is 2. The molecule has 0 amide bonds. The van der Waals surface area contributed by atoms with Gasteiger partial charge >= 0.3 is 35.8 Å². The van der Waals surface area contributed by atoms with Crippen LogP contribution in [0.3, 0.4) is 0 Å². The zero-order valence-corrected chi connectivity index (χ0v) is 56.0. The topological polar surface area (TPSA) is 217 Å². The van der Waals surface area contributed by atoms with Gasteiger partial charge in [0.1, 0.15) is 0 Å². The van der Waals surface area contributed by atoms with Crippen LogP contribution < -0.4 is 18.9 Å². The normalized spacial score (nSPS) is 10.5. The van der Waals surface area contributed by atoms with Crippen molar-refractivity contribution in [3.05, 3.63) is 98.1 Å². The van der Waals surface area contributed by atoms with Gasteiger partial charge < -0.3 is 48.1 Å². The molecule has 0 spiro atoms. The van der Waals surface area contributed by atoms with Crippen LogP contribution in [-0.2, 0) is 57.6 Å². The van der Waals surface area contributed by atoms with E-state index in [0.29, 0.717) is 75.9 Å². The second-order valence-corrected chi connectivity index (χ2v) is 21.5. The van der Waals surface area contributed by atoms with E-state index in [9.17, 15) is 39.0 Å². The molecular weight excluding hydrogens is 1160 g/mol. The van der Waals surface area contributed by atoms with Crippen molar-refractivity contribution in [2.75, 3.05) is 52.9 Å². The third-order valence-electron chi connectivity index (χ3n) is 14.2. The molecule has 0 fully saturated rings. The van der Waals surface area contributed by atoms with Crippen molar-refractivity contribution < 1.29 is 96.4 Å². The summed E-state index contributed by atoms with van der Waals surface area (Å²) in [4.78, 5) is 66.8. The zero-order chi connectivity index (χ0) is 62.8. The molecular formula is C70H108O16Zn. The van der Waals surface area contributed by atoms with Gasteiger partial charge in [0.25, 0.3) is 0 Å². The van der Waals surface area contributed by atoms with Crippen molar-refractivity contribution in [3.63, 3.8) is 0 Å². The van der Waals surface area contributed by atoms with Gasteiger partial charge in [0.15, 0.2) is 23.0 Å². The maximum absolute atomic E-state index is 11.4. The van der Waals surface area contributed by atoms with Crippen molar-refractivity contribution in [2.45, 2.75) is 231 Å². The molecule has 87 heavy (non-hydrogen) atoms. The van der Waals surface area contributed by atoms with Gasteiger partial charge in [-0.05, 0) is 87.8 Å². The fraction of sp³-hybridized carbons (Fsp3) is 0.629. The number of carboxylic acids is 2. The van der Waals surface area contributed by atoms with E-state index in [1.54, 1.807) is 36.4 Å². The number of aromatic carboxylic acids is 2. The van der Waals surface area contributed by atoms with Gasteiger partial charge in [-0.15, -0.1) is 0 Å². The molecule has 16 nitrogen and oxygen atoms in total. The third-order valence-corrected chi connectivity index (χ3v) is 14.2. The van der Waals surface area contributed by atoms with Crippen molar-refractivity contribution in [3.8, 4) is 23.0 Å². The van der Waals surface area contributed by atoms with Crippen LogP contribution in [0.4, 0.5) is 0 Å². The Hall–Kier alpha value is -5.96. The molecule has 2 aromatic rings. The average molecular weight is 1270 g/mol. The smallest absolute Gasteiger partial charge is 0.335 e. The van der Waals surface area contributed by atoms with E-state index in [2.05, 4.69) is 26.3 Å². The molecule has 0 unspecified atom stereocenters. The Morgan fingerprint density at radius 1 is 0.276 bits per heavy atom. The van der Waals surface area contributed by atoms with Gasteiger partial charge in [0.05, 0.1) is 64.0 Å². The number of ether oxygens (including phenoxy) is 8. The largest absolute Gasteiger partial charge is 0.490 e. The molecule has 0 aliphatic carbocycles. The number of carbonyl (C=O) groups is 6. The fourth-order valence-electron chi connectivity index (χ4n) is 9.17. The van der Waals surface area contributed by atoms with Gasteiger partial charge in [0, 0.05) is 43.8 Å². The SMILES string of the molecule is C=CC(=O)OCCCCCCCCCCCOc1ccc(C(=O)O)cc1OCCCCCCCCCCCOC(=O)C=C.C=CC(=O)OCCCCCCCCCCCOc1ccc(C(=O)O)cc1OCCCCCCCCCCCOC(=O)C=C.[Zn]. The molecule has 0 saturated heterocycles. The van der Waals surface area contributed by atoms with E-state index in [0.717, 1.165) is 154 Å². The third kappa shape index (κ3) is 48.7. The summed E-state index contributed by atoms with van der Waals surface area (Å²) in [6, 6.07) is 9.61. The van der Waals surface area contributed by atoms with Crippen molar-refractivity contribution in [1.82, 2.24) is 0 Å². The van der Waals surface area contributed by atoms with E-state index < -0.39 is 11.9 Å². The minimum atomic E-state index is -0.981. The van der Waals surface area contributed by atoms with Crippen LogP contribution in [0.1, 0.15) is 252 Å². The zero-order valence-electron chi connectivity index (χ0n) is 53.0. The molecule has 0 heterocycles. The molecule has 0 saturated carbocycles. The number of hydrogen-bond acceptors (Lipinski definition) is 14. The van der Waals surface area contributed by atoms with E-state index in [-0.39, 0.29) is 54.5 Å². The van der Waals surface area contributed by atoms with Crippen molar-refractivity contribution >= 4 is 35.8 Å². The Bertz CT molecular complexity index is 2010. The Kier molecular flexibility index (Phi) is 55.0. The average Bonchev–Trinajstić information content (AvgIpc) is 3.33. The summed E-state index contributed by atoms with van der Waals surface area (Å²) in [6.45, 7) is 17.6. The molecule has 0 aliphatic rings. The van der Waals surface area contributed by atoms with Crippen LogP contribution in [0, 0.1) is 0 Å². The Morgan fingerprint density at radius 3 is 0.632 bits per heavy atom. The molecule has 0 radical (unpaired) electrons. The van der Waals surface area contributed by atoms with E-state index in [4.69, 9.17) is 37.9 Å². The second kappa shape index (κ2) is 59.0. The van der Waals surface area contributed by atoms with Gasteiger partial charge in [-0.1, -0.05) is 206 Å². The van der Waals surface area contributed by atoms with Gasteiger partial charge in [-0.2, -0.15) is 0 Å². The first-order valence-electron chi connectivity index (χ1n) is 32.4. The molecule has 17 heteroatoms. The maximum atomic E-state index is 11.4. The maximum Gasteiger partial charge on any atom is 0.335 e. The Labute approximate surface area is 534 Å². The molecule has 0 atom stereocenters. The fourth-order valence-corrected chi connectivity index (χ4v) is 9.17. The first kappa shape index (κ1) is 81.0. The van der Waals surface area contributed by atoms with Gasteiger partial charge in [-0.3, -0.25) is 0 Å².